The van der Waals surface area contributed by atoms with Crippen LogP contribution in [-0.4, -0.2) is 39.9 Å². The molecule has 3 N–H and O–H groups in total. The highest BCUT2D eigenvalue weighted by molar-refractivity contribution is 6.02. The summed E-state index contributed by atoms with van der Waals surface area (Å²) >= 11 is 0. The first kappa shape index (κ1) is 16.2. The number of hydrogen-bond acceptors (Lipinski definition) is 4. The number of aromatic nitrogens is 1. The zero-order valence-corrected chi connectivity index (χ0v) is 13.0. The highest BCUT2D eigenvalue weighted by Gasteiger charge is 2.33. The number of benzene rings is 1. The quantitative estimate of drug-likeness (QED) is 0.809. The lowest BCUT2D eigenvalue weighted by molar-refractivity contribution is 0.0722. The van der Waals surface area contributed by atoms with Gasteiger partial charge in [0.15, 0.2) is 12.0 Å². The topological polar surface area (TPSA) is 88.6 Å². The van der Waals surface area contributed by atoms with E-state index in [0.717, 1.165) is 5.56 Å². The van der Waals surface area contributed by atoms with Crippen LogP contribution < -0.4 is 5.73 Å². The van der Waals surface area contributed by atoms with E-state index in [9.17, 15) is 19.1 Å². The maximum atomic E-state index is 13.0. The van der Waals surface area contributed by atoms with Gasteiger partial charge < -0.3 is 20.3 Å². The molecular weight excluding hydrogens is 313 g/mol. The molecule has 7 heteroatoms. The van der Waals surface area contributed by atoms with Gasteiger partial charge in [-0.1, -0.05) is 12.1 Å². The summed E-state index contributed by atoms with van der Waals surface area (Å²) in [4.78, 5) is 25.6. The van der Waals surface area contributed by atoms with E-state index in [4.69, 9.17) is 5.73 Å². The van der Waals surface area contributed by atoms with Crippen molar-refractivity contribution < 1.29 is 19.1 Å². The molecule has 6 nitrogen and oxygen atoms in total. The van der Waals surface area contributed by atoms with E-state index in [0.29, 0.717) is 44.6 Å². The highest BCUT2D eigenvalue weighted by atomic mass is 19.1. The van der Waals surface area contributed by atoms with Crippen LogP contribution in [0, 0.1) is 5.82 Å². The van der Waals surface area contributed by atoms with Crippen molar-refractivity contribution in [2.45, 2.75) is 19.5 Å². The SMILES string of the molecule is NCCn1c(C=O)c(O)c2c1CCN(Cc1ccc(F)cc1)C2=O. The molecule has 126 valence electrons. The minimum Gasteiger partial charge on any atom is -0.505 e. The van der Waals surface area contributed by atoms with E-state index >= 15 is 0 Å². The first-order valence-electron chi connectivity index (χ1n) is 7.70. The fraction of sp³-hybridized carbons (Fsp3) is 0.294. The molecule has 1 aliphatic heterocycles. The Kier molecular flexibility index (Phi) is 4.35. The smallest absolute Gasteiger partial charge is 0.259 e. The Bertz CT molecular complexity index is 783. The van der Waals surface area contributed by atoms with Gasteiger partial charge in [-0.15, -0.1) is 0 Å². The molecular formula is C17H18FN3O3. The molecule has 2 aromatic rings. The number of carbonyl (C=O) groups excluding carboxylic acids is 2. The van der Waals surface area contributed by atoms with Crippen molar-refractivity contribution >= 4 is 12.2 Å². The number of nitrogens with zero attached hydrogens (tertiary/aromatic N) is 2. The molecule has 0 aliphatic carbocycles. The largest absolute Gasteiger partial charge is 0.505 e. The molecule has 0 fully saturated rings. The van der Waals surface area contributed by atoms with Crippen LogP contribution in [0.1, 0.15) is 32.1 Å². The van der Waals surface area contributed by atoms with Gasteiger partial charge >= 0.3 is 0 Å². The number of nitrogens with two attached hydrogens (primary N) is 1. The summed E-state index contributed by atoms with van der Waals surface area (Å²) in [6.07, 6.45) is 1.06. The fourth-order valence-corrected chi connectivity index (χ4v) is 3.12. The highest BCUT2D eigenvalue weighted by Crippen LogP contribution is 2.33. The molecule has 0 saturated carbocycles. The third kappa shape index (κ3) is 2.67. The molecule has 0 radical (unpaired) electrons. The Labute approximate surface area is 138 Å². The lowest BCUT2D eigenvalue weighted by atomic mass is 10.0. The van der Waals surface area contributed by atoms with Crippen LogP contribution in [0.4, 0.5) is 4.39 Å². The number of carbonyl (C=O) groups is 2. The van der Waals surface area contributed by atoms with E-state index in [1.54, 1.807) is 21.6 Å². The number of aromatic hydroxyl groups is 1. The Morgan fingerprint density at radius 1 is 1.29 bits per heavy atom. The van der Waals surface area contributed by atoms with Gasteiger partial charge in [-0.2, -0.15) is 0 Å². The first-order chi connectivity index (χ1) is 11.6. The minimum atomic E-state index is -0.336. The maximum Gasteiger partial charge on any atom is 0.259 e. The summed E-state index contributed by atoms with van der Waals surface area (Å²) in [7, 11) is 0. The first-order valence-corrected chi connectivity index (χ1v) is 7.70. The monoisotopic (exact) mass is 331 g/mol. The van der Waals surface area contributed by atoms with Gasteiger partial charge in [-0.3, -0.25) is 9.59 Å². The van der Waals surface area contributed by atoms with Gasteiger partial charge in [-0.25, -0.2) is 4.39 Å². The predicted octanol–water partition coefficient (Wildman–Crippen LogP) is 1.30. The molecule has 0 atom stereocenters. The van der Waals surface area contributed by atoms with Gasteiger partial charge in [0.25, 0.3) is 5.91 Å². The number of fused-ring (bicyclic) bond motifs is 1. The second-order valence-electron chi connectivity index (χ2n) is 5.72. The average molecular weight is 331 g/mol. The lowest BCUT2D eigenvalue weighted by Crippen LogP contribution is -2.37. The fourth-order valence-electron chi connectivity index (χ4n) is 3.12. The minimum absolute atomic E-state index is 0.0856. The third-order valence-electron chi connectivity index (χ3n) is 4.26. The Balaban J connectivity index is 1.92. The van der Waals surface area contributed by atoms with Gasteiger partial charge in [-0.05, 0) is 17.7 Å². The van der Waals surface area contributed by atoms with Gasteiger partial charge in [0, 0.05) is 38.3 Å². The van der Waals surface area contributed by atoms with E-state index in [1.165, 1.54) is 12.1 Å². The summed E-state index contributed by atoms with van der Waals surface area (Å²) in [6.45, 7) is 1.43. The summed E-state index contributed by atoms with van der Waals surface area (Å²) in [5.41, 5.74) is 7.24. The molecule has 0 unspecified atom stereocenters. The van der Waals surface area contributed by atoms with Crippen LogP contribution in [-0.2, 0) is 19.5 Å². The van der Waals surface area contributed by atoms with Crippen molar-refractivity contribution in [3.8, 4) is 5.75 Å². The molecule has 1 aliphatic rings. The predicted molar refractivity (Wildman–Crippen MR) is 85.4 cm³/mol. The van der Waals surface area contributed by atoms with Crippen LogP contribution in [0.5, 0.6) is 5.75 Å². The van der Waals surface area contributed by atoms with Crippen molar-refractivity contribution in [2.24, 2.45) is 5.73 Å². The van der Waals surface area contributed by atoms with Crippen LogP contribution in [0.15, 0.2) is 24.3 Å². The van der Waals surface area contributed by atoms with Gasteiger partial charge in [0.2, 0.25) is 0 Å². The summed E-state index contributed by atoms with van der Waals surface area (Å²) in [5, 5.41) is 10.3. The summed E-state index contributed by atoms with van der Waals surface area (Å²) < 4.78 is 14.6. The maximum absolute atomic E-state index is 13.0. The zero-order valence-electron chi connectivity index (χ0n) is 13.0. The lowest BCUT2D eigenvalue weighted by Gasteiger charge is -2.28. The third-order valence-corrected chi connectivity index (χ3v) is 4.26. The van der Waals surface area contributed by atoms with Crippen LogP contribution >= 0.6 is 0 Å². The van der Waals surface area contributed by atoms with Crippen LogP contribution in [0.3, 0.4) is 0 Å². The number of hydrogen-bond donors (Lipinski definition) is 2. The van der Waals surface area contributed by atoms with Crippen LogP contribution in [0.2, 0.25) is 0 Å². The van der Waals surface area contributed by atoms with Crippen LogP contribution in [0.25, 0.3) is 0 Å². The van der Waals surface area contributed by atoms with Crippen molar-refractivity contribution in [3.63, 3.8) is 0 Å². The second-order valence-corrected chi connectivity index (χ2v) is 5.72. The number of rotatable bonds is 5. The van der Waals surface area contributed by atoms with E-state index in [2.05, 4.69) is 0 Å². The molecule has 0 saturated heterocycles. The molecule has 0 bridgehead atoms. The molecule has 1 aromatic carbocycles. The Morgan fingerprint density at radius 3 is 2.62 bits per heavy atom. The number of halogens is 1. The summed E-state index contributed by atoms with van der Waals surface area (Å²) in [5.74, 6) is -0.961. The molecule has 24 heavy (non-hydrogen) atoms. The molecule has 2 heterocycles. The normalized spacial score (nSPS) is 13.9. The molecule has 1 aromatic heterocycles. The number of amides is 1. The van der Waals surface area contributed by atoms with E-state index in [-0.39, 0.29) is 28.7 Å². The van der Waals surface area contributed by atoms with E-state index in [1.807, 2.05) is 0 Å². The van der Waals surface area contributed by atoms with Gasteiger partial charge in [0.1, 0.15) is 17.1 Å². The van der Waals surface area contributed by atoms with Crippen molar-refractivity contribution in [2.75, 3.05) is 13.1 Å². The zero-order chi connectivity index (χ0) is 17.3. The summed E-state index contributed by atoms with van der Waals surface area (Å²) in [6, 6.07) is 5.92. The Morgan fingerprint density at radius 2 is 2.00 bits per heavy atom. The van der Waals surface area contributed by atoms with E-state index < -0.39 is 0 Å². The van der Waals surface area contributed by atoms with Crippen molar-refractivity contribution in [1.29, 1.82) is 0 Å². The van der Waals surface area contributed by atoms with Crippen molar-refractivity contribution in [3.05, 3.63) is 52.6 Å². The Hall–Kier alpha value is -2.67. The number of aldehydes is 1. The average Bonchev–Trinajstić information content (AvgIpc) is 2.84. The second kappa shape index (κ2) is 6.45. The van der Waals surface area contributed by atoms with Crippen molar-refractivity contribution in [1.82, 2.24) is 9.47 Å². The molecule has 1 amide bonds. The standard InChI is InChI=1S/C17H18FN3O3/c18-12-3-1-11(2-4-12)9-20-7-5-13-15(17(20)24)16(23)14(10-22)21(13)8-6-19/h1-4,10,23H,5-9,19H2. The molecule has 0 spiro atoms. The van der Waals surface area contributed by atoms with Gasteiger partial charge in [0.05, 0.1) is 0 Å². The molecule has 3 rings (SSSR count).